The lowest BCUT2D eigenvalue weighted by molar-refractivity contribution is -0.125. The van der Waals surface area contributed by atoms with Crippen molar-refractivity contribution < 1.29 is 4.79 Å². The number of carbonyl (C=O) groups is 1. The van der Waals surface area contributed by atoms with E-state index in [2.05, 4.69) is 70.1 Å². The van der Waals surface area contributed by atoms with Crippen LogP contribution >= 0.6 is 0 Å². The standard InChI is InChI=1S/C24H35N5O/c1-4-28(5-2)14-7-13-25-23(30)21-8-6-15-29(18-21)24-26-16-22(17-27-24)20-11-9-19(3)10-12-20/h9-12,16-17,21H,4-8,13-15,18H2,1-3H3,(H,25,30). The molecular formula is C24H35N5O. The zero-order valence-corrected chi connectivity index (χ0v) is 18.6. The molecule has 0 spiro atoms. The molecular weight excluding hydrogens is 374 g/mol. The topological polar surface area (TPSA) is 61.4 Å². The quantitative estimate of drug-likeness (QED) is 0.642. The van der Waals surface area contributed by atoms with Crippen molar-refractivity contribution in [2.75, 3.05) is 44.2 Å². The van der Waals surface area contributed by atoms with E-state index in [-0.39, 0.29) is 11.8 Å². The third-order valence-corrected chi connectivity index (χ3v) is 5.94. The Kier molecular flexibility index (Phi) is 8.20. The van der Waals surface area contributed by atoms with Crippen molar-refractivity contribution in [3.63, 3.8) is 0 Å². The number of aryl methyl sites for hydroxylation is 1. The van der Waals surface area contributed by atoms with Crippen LogP contribution in [0.1, 0.15) is 38.7 Å². The fraction of sp³-hybridized carbons (Fsp3) is 0.542. The van der Waals surface area contributed by atoms with Gasteiger partial charge in [-0.3, -0.25) is 4.79 Å². The van der Waals surface area contributed by atoms with E-state index in [9.17, 15) is 4.79 Å². The molecule has 1 aromatic heterocycles. The SMILES string of the molecule is CCN(CC)CCCNC(=O)C1CCCN(c2ncc(-c3ccc(C)cc3)cn2)C1. The summed E-state index contributed by atoms with van der Waals surface area (Å²) in [6, 6.07) is 8.38. The molecule has 1 amide bonds. The van der Waals surface area contributed by atoms with Crippen molar-refractivity contribution in [3.8, 4) is 11.1 Å². The van der Waals surface area contributed by atoms with Crippen LogP contribution in [0.25, 0.3) is 11.1 Å². The molecule has 162 valence electrons. The van der Waals surface area contributed by atoms with Gasteiger partial charge in [0.15, 0.2) is 0 Å². The second-order valence-corrected chi connectivity index (χ2v) is 8.09. The fourth-order valence-corrected chi connectivity index (χ4v) is 3.95. The maximum atomic E-state index is 12.6. The van der Waals surface area contributed by atoms with Crippen LogP contribution in [0.3, 0.4) is 0 Å². The highest BCUT2D eigenvalue weighted by Gasteiger charge is 2.26. The number of anilines is 1. The smallest absolute Gasteiger partial charge is 0.225 e. The molecule has 0 radical (unpaired) electrons. The normalized spacial score (nSPS) is 16.7. The maximum Gasteiger partial charge on any atom is 0.225 e. The lowest BCUT2D eigenvalue weighted by Crippen LogP contribution is -2.44. The molecule has 1 atom stereocenters. The summed E-state index contributed by atoms with van der Waals surface area (Å²) < 4.78 is 0. The lowest BCUT2D eigenvalue weighted by Gasteiger charge is -2.32. The number of amides is 1. The Labute approximate surface area is 180 Å². The van der Waals surface area contributed by atoms with E-state index in [0.29, 0.717) is 12.5 Å². The van der Waals surface area contributed by atoms with Gasteiger partial charge in [-0.25, -0.2) is 9.97 Å². The van der Waals surface area contributed by atoms with Gasteiger partial charge < -0.3 is 15.1 Å². The van der Waals surface area contributed by atoms with Crippen molar-refractivity contribution in [2.24, 2.45) is 5.92 Å². The van der Waals surface area contributed by atoms with Crippen LogP contribution in [-0.2, 0) is 4.79 Å². The Morgan fingerprint density at radius 3 is 2.50 bits per heavy atom. The van der Waals surface area contributed by atoms with E-state index in [1.54, 1.807) is 0 Å². The van der Waals surface area contributed by atoms with E-state index in [0.717, 1.165) is 63.1 Å². The molecule has 30 heavy (non-hydrogen) atoms. The molecule has 0 aliphatic carbocycles. The minimum atomic E-state index is 0.00702. The summed E-state index contributed by atoms with van der Waals surface area (Å²) in [6.45, 7) is 11.9. The monoisotopic (exact) mass is 409 g/mol. The molecule has 2 aromatic rings. The van der Waals surface area contributed by atoms with Crippen molar-refractivity contribution in [3.05, 3.63) is 42.2 Å². The predicted molar refractivity (Wildman–Crippen MR) is 123 cm³/mol. The molecule has 6 nitrogen and oxygen atoms in total. The van der Waals surface area contributed by atoms with Crippen LogP contribution in [0, 0.1) is 12.8 Å². The third-order valence-electron chi connectivity index (χ3n) is 5.94. The van der Waals surface area contributed by atoms with Gasteiger partial charge in [0.1, 0.15) is 0 Å². The highest BCUT2D eigenvalue weighted by Crippen LogP contribution is 2.23. The molecule has 1 saturated heterocycles. The summed E-state index contributed by atoms with van der Waals surface area (Å²) in [7, 11) is 0. The summed E-state index contributed by atoms with van der Waals surface area (Å²) >= 11 is 0. The van der Waals surface area contributed by atoms with E-state index < -0.39 is 0 Å². The Balaban J connectivity index is 1.51. The molecule has 0 saturated carbocycles. The average Bonchev–Trinajstić information content (AvgIpc) is 2.80. The minimum Gasteiger partial charge on any atom is -0.356 e. The first-order valence-corrected chi connectivity index (χ1v) is 11.2. The Morgan fingerprint density at radius 1 is 1.13 bits per heavy atom. The van der Waals surface area contributed by atoms with Crippen LogP contribution in [-0.4, -0.2) is 60.0 Å². The lowest BCUT2D eigenvalue weighted by atomic mass is 9.97. The second-order valence-electron chi connectivity index (χ2n) is 8.09. The Hall–Kier alpha value is -2.47. The van der Waals surface area contributed by atoms with E-state index in [4.69, 9.17) is 0 Å². The van der Waals surface area contributed by atoms with Crippen LogP contribution in [0.4, 0.5) is 5.95 Å². The molecule has 1 aliphatic heterocycles. The Bertz CT molecular complexity index is 786. The highest BCUT2D eigenvalue weighted by molar-refractivity contribution is 5.79. The van der Waals surface area contributed by atoms with Gasteiger partial charge in [0, 0.05) is 37.6 Å². The second kappa shape index (κ2) is 11.1. The molecule has 1 aliphatic rings. The maximum absolute atomic E-state index is 12.6. The van der Waals surface area contributed by atoms with Gasteiger partial charge in [0.05, 0.1) is 5.92 Å². The van der Waals surface area contributed by atoms with Crippen molar-refractivity contribution in [1.82, 2.24) is 20.2 Å². The summed E-state index contributed by atoms with van der Waals surface area (Å²) in [4.78, 5) is 26.3. The summed E-state index contributed by atoms with van der Waals surface area (Å²) in [6.07, 6.45) is 6.67. The molecule has 1 aromatic carbocycles. The number of rotatable bonds is 9. The van der Waals surface area contributed by atoms with Gasteiger partial charge in [-0.2, -0.15) is 0 Å². The van der Waals surface area contributed by atoms with Crippen molar-refractivity contribution in [1.29, 1.82) is 0 Å². The molecule has 1 N–H and O–H groups in total. The number of piperidine rings is 1. The zero-order chi connectivity index (χ0) is 21.3. The first-order chi connectivity index (χ1) is 14.6. The first-order valence-electron chi connectivity index (χ1n) is 11.2. The number of benzene rings is 1. The van der Waals surface area contributed by atoms with Gasteiger partial charge in [-0.15, -0.1) is 0 Å². The Morgan fingerprint density at radius 2 is 1.83 bits per heavy atom. The predicted octanol–water partition coefficient (Wildman–Crippen LogP) is 3.52. The molecule has 2 heterocycles. The number of nitrogens with zero attached hydrogens (tertiary/aromatic N) is 4. The van der Waals surface area contributed by atoms with Gasteiger partial charge in [-0.05, 0) is 51.4 Å². The molecule has 0 bridgehead atoms. The van der Waals surface area contributed by atoms with Crippen LogP contribution in [0.15, 0.2) is 36.7 Å². The molecule has 6 heteroatoms. The van der Waals surface area contributed by atoms with Gasteiger partial charge in [0.25, 0.3) is 0 Å². The van der Waals surface area contributed by atoms with Gasteiger partial charge >= 0.3 is 0 Å². The fourth-order valence-electron chi connectivity index (χ4n) is 3.95. The van der Waals surface area contributed by atoms with Gasteiger partial charge in [0.2, 0.25) is 11.9 Å². The highest BCUT2D eigenvalue weighted by atomic mass is 16.1. The van der Waals surface area contributed by atoms with Crippen LogP contribution < -0.4 is 10.2 Å². The largest absolute Gasteiger partial charge is 0.356 e. The third kappa shape index (κ3) is 6.02. The average molecular weight is 410 g/mol. The number of hydrogen-bond donors (Lipinski definition) is 1. The van der Waals surface area contributed by atoms with E-state index >= 15 is 0 Å². The summed E-state index contributed by atoms with van der Waals surface area (Å²) in [5, 5.41) is 3.13. The first kappa shape index (κ1) is 22.2. The number of hydrogen-bond acceptors (Lipinski definition) is 5. The van der Waals surface area contributed by atoms with Gasteiger partial charge in [-0.1, -0.05) is 43.7 Å². The number of carbonyl (C=O) groups excluding carboxylic acids is 1. The van der Waals surface area contributed by atoms with E-state index in [1.807, 2.05) is 12.4 Å². The van der Waals surface area contributed by atoms with Crippen molar-refractivity contribution >= 4 is 11.9 Å². The minimum absolute atomic E-state index is 0.00702. The number of aromatic nitrogens is 2. The summed E-state index contributed by atoms with van der Waals surface area (Å²) in [5.74, 6) is 0.882. The van der Waals surface area contributed by atoms with Crippen LogP contribution in [0.2, 0.25) is 0 Å². The van der Waals surface area contributed by atoms with Crippen molar-refractivity contribution in [2.45, 2.75) is 40.0 Å². The summed E-state index contributed by atoms with van der Waals surface area (Å²) in [5.41, 5.74) is 3.37. The van der Waals surface area contributed by atoms with Crippen LogP contribution in [0.5, 0.6) is 0 Å². The molecule has 1 fully saturated rings. The molecule has 1 unspecified atom stereocenters. The number of nitrogens with one attached hydrogen (secondary N) is 1. The zero-order valence-electron chi connectivity index (χ0n) is 18.6. The van der Waals surface area contributed by atoms with E-state index in [1.165, 1.54) is 5.56 Å². The molecule has 3 rings (SSSR count).